The molecule has 0 fully saturated rings. The zero-order chi connectivity index (χ0) is 14.3. The second-order valence-electron chi connectivity index (χ2n) is 4.88. The van der Waals surface area contributed by atoms with Crippen LogP contribution in [0.15, 0.2) is 12.4 Å². The Morgan fingerprint density at radius 1 is 1.26 bits per heavy atom. The summed E-state index contributed by atoms with van der Waals surface area (Å²) in [6.07, 6.45) is 4.25. The Labute approximate surface area is 115 Å². The lowest BCUT2D eigenvalue weighted by Crippen LogP contribution is -2.30. The largest absolute Gasteiger partial charge is 0.354 e. The van der Waals surface area contributed by atoms with Crippen LogP contribution in [0.2, 0.25) is 0 Å². The van der Waals surface area contributed by atoms with Crippen molar-refractivity contribution in [3.05, 3.63) is 18.0 Å². The van der Waals surface area contributed by atoms with Gasteiger partial charge in [0.15, 0.2) is 0 Å². The van der Waals surface area contributed by atoms with Crippen molar-refractivity contribution < 1.29 is 4.79 Å². The SMILES string of the molecule is CCN(CC)C(=O)c1cnc(NCCC(C)C)nc1. The number of carbonyl (C=O) groups excluding carboxylic acids is 1. The minimum Gasteiger partial charge on any atom is -0.354 e. The van der Waals surface area contributed by atoms with Gasteiger partial charge in [0.1, 0.15) is 0 Å². The van der Waals surface area contributed by atoms with Gasteiger partial charge in [-0.1, -0.05) is 13.8 Å². The third-order valence-corrected chi connectivity index (χ3v) is 2.95. The Balaban J connectivity index is 2.58. The quantitative estimate of drug-likeness (QED) is 0.821. The van der Waals surface area contributed by atoms with Crippen LogP contribution in [0.25, 0.3) is 0 Å². The molecule has 5 heteroatoms. The van der Waals surface area contributed by atoms with E-state index in [4.69, 9.17) is 0 Å². The summed E-state index contributed by atoms with van der Waals surface area (Å²) in [5.74, 6) is 1.21. The molecule has 0 saturated heterocycles. The Bertz CT molecular complexity index is 385. The molecule has 1 N–H and O–H groups in total. The summed E-state index contributed by atoms with van der Waals surface area (Å²) in [6, 6.07) is 0. The van der Waals surface area contributed by atoms with E-state index in [1.807, 2.05) is 13.8 Å². The van der Waals surface area contributed by atoms with Gasteiger partial charge < -0.3 is 10.2 Å². The first-order chi connectivity index (χ1) is 9.08. The molecular formula is C14H24N4O. The van der Waals surface area contributed by atoms with E-state index in [2.05, 4.69) is 29.1 Å². The van der Waals surface area contributed by atoms with Gasteiger partial charge in [-0.15, -0.1) is 0 Å². The van der Waals surface area contributed by atoms with Gasteiger partial charge in [0.2, 0.25) is 5.95 Å². The summed E-state index contributed by atoms with van der Waals surface area (Å²) >= 11 is 0. The molecule has 5 nitrogen and oxygen atoms in total. The maximum absolute atomic E-state index is 12.0. The number of anilines is 1. The summed E-state index contributed by atoms with van der Waals surface area (Å²) in [5.41, 5.74) is 0.540. The number of aromatic nitrogens is 2. The molecule has 19 heavy (non-hydrogen) atoms. The molecule has 0 radical (unpaired) electrons. The van der Waals surface area contributed by atoms with Crippen LogP contribution in [-0.2, 0) is 0 Å². The zero-order valence-electron chi connectivity index (χ0n) is 12.3. The Morgan fingerprint density at radius 3 is 2.32 bits per heavy atom. The van der Waals surface area contributed by atoms with Crippen molar-refractivity contribution in [1.29, 1.82) is 0 Å². The van der Waals surface area contributed by atoms with Crippen molar-refractivity contribution in [3.8, 4) is 0 Å². The summed E-state index contributed by atoms with van der Waals surface area (Å²) in [6.45, 7) is 10.5. The number of hydrogen-bond donors (Lipinski definition) is 1. The van der Waals surface area contributed by atoms with Gasteiger partial charge >= 0.3 is 0 Å². The smallest absolute Gasteiger partial charge is 0.256 e. The molecule has 0 bridgehead atoms. The van der Waals surface area contributed by atoms with E-state index in [1.165, 1.54) is 0 Å². The van der Waals surface area contributed by atoms with Crippen LogP contribution in [0, 0.1) is 5.92 Å². The van der Waals surface area contributed by atoms with Crippen LogP contribution in [-0.4, -0.2) is 40.4 Å². The number of hydrogen-bond acceptors (Lipinski definition) is 4. The van der Waals surface area contributed by atoms with E-state index in [-0.39, 0.29) is 5.91 Å². The van der Waals surface area contributed by atoms with Crippen molar-refractivity contribution >= 4 is 11.9 Å². The highest BCUT2D eigenvalue weighted by Crippen LogP contribution is 2.06. The van der Waals surface area contributed by atoms with Gasteiger partial charge in [-0.2, -0.15) is 0 Å². The molecule has 106 valence electrons. The number of amides is 1. The zero-order valence-corrected chi connectivity index (χ0v) is 12.3. The maximum Gasteiger partial charge on any atom is 0.256 e. The molecule has 1 aromatic rings. The highest BCUT2D eigenvalue weighted by atomic mass is 16.2. The second kappa shape index (κ2) is 7.71. The highest BCUT2D eigenvalue weighted by Gasteiger charge is 2.13. The van der Waals surface area contributed by atoms with Crippen molar-refractivity contribution in [3.63, 3.8) is 0 Å². The summed E-state index contributed by atoms with van der Waals surface area (Å²) in [4.78, 5) is 22.2. The molecule has 0 atom stereocenters. The van der Waals surface area contributed by atoms with Gasteiger partial charge in [0.05, 0.1) is 5.56 Å². The normalized spacial score (nSPS) is 10.6. The van der Waals surface area contributed by atoms with Gasteiger partial charge in [0, 0.05) is 32.0 Å². The predicted molar refractivity (Wildman–Crippen MR) is 77.2 cm³/mol. The first-order valence-corrected chi connectivity index (χ1v) is 6.93. The van der Waals surface area contributed by atoms with Crippen molar-refractivity contribution in [2.75, 3.05) is 25.0 Å². The first-order valence-electron chi connectivity index (χ1n) is 6.93. The van der Waals surface area contributed by atoms with E-state index in [0.29, 0.717) is 30.5 Å². The van der Waals surface area contributed by atoms with Gasteiger partial charge in [0.25, 0.3) is 5.91 Å². The van der Waals surface area contributed by atoms with Crippen LogP contribution in [0.4, 0.5) is 5.95 Å². The third kappa shape index (κ3) is 4.85. The third-order valence-electron chi connectivity index (χ3n) is 2.95. The molecule has 0 aromatic carbocycles. The van der Waals surface area contributed by atoms with Crippen LogP contribution in [0.5, 0.6) is 0 Å². The fourth-order valence-electron chi connectivity index (χ4n) is 1.70. The topological polar surface area (TPSA) is 58.1 Å². The number of rotatable bonds is 7. The molecular weight excluding hydrogens is 240 g/mol. The standard InChI is InChI=1S/C14H24N4O/c1-5-18(6-2)13(19)12-9-16-14(17-10-12)15-8-7-11(3)4/h9-11H,5-8H2,1-4H3,(H,15,16,17). The minimum atomic E-state index is -0.0151. The summed E-state index contributed by atoms with van der Waals surface area (Å²) < 4.78 is 0. The molecule has 1 rings (SSSR count). The van der Waals surface area contributed by atoms with Gasteiger partial charge in [-0.05, 0) is 26.2 Å². The lowest BCUT2D eigenvalue weighted by Gasteiger charge is -2.18. The predicted octanol–water partition coefficient (Wildman–Crippen LogP) is 2.42. The van der Waals surface area contributed by atoms with Gasteiger partial charge in [-0.3, -0.25) is 4.79 Å². The van der Waals surface area contributed by atoms with Crippen molar-refractivity contribution in [1.82, 2.24) is 14.9 Å². The average molecular weight is 264 g/mol. The van der Waals surface area contributed by atoms with E-state index < -0.39 is 0 Å². The Kier molecular flexibility index (Phi) is 6.25. The Morgan fingerprint density at radius 2 is 1.84 bits per heavy atom. The van der Waals surface area contributed by atoms with Crippen molar-refractivity contribution in [2.24, 2.45) is 5.92 Å². The van der Waals surface area contributed by atoms with Crippen molar-refractivity contribution in [2.45, 2.75) is 34.1 Å². The molecule has 0 aliphatic rings. The molecule has 0 aliphatic carbocycles. The number of nitrogens with one attached hydrogen (secondary N) is 1. The van der Waals surface area contributed by atoms with Gasteiger partial charge in [-0.25, -0.2) is 9.97 Å². The van der Waals surface area contributed by atoms with Crippen LogP contribution < -0.4 is 5.32 Å². The van der Waals surface area contributed by atoms with Crippen LogP contribution in [0.3, 0.4) is 0 Å². The highest BCUT2D eigenvalue weighted by molar-refractivity contribution is 5.93. The number of nitrogens with zero attached hydrogens (tertiary/aromatic N) is 3. The van der Waals surface area contributed by atoms with Crippen LogP contribution in [0.1, 0.15) is 44.5 Å². The fourth-order valence-corrected chi connectivity index (χ4v) is 1.70. The average Bonchev–Trinajstić information content (AvgIpc) is 2.40. The maximum atomic E-state index is 12.0. The fraction of sp³-hybridized carbons (Fsp3) is 0.643. The van der Waals surface area contributed by atoms with Crippen LogP contribution >= 0.6 is 0 Å². The Hall–Kier alpha value is -1.65. The first kappa shape index (κ1) is 15.4. The van der Waals surface area contributed by atoms with E-state index in [9.17, 15) is 4.79 Å². The lowest BCUT2D eigenvalue weighted by molar-refractivity contribution is 0.0772. The molecule has 1 amide bonds. The van der Waals surface area contributed by atoms with E-state index in [0.717, 1.165) is 13.0 Å². The molecule has 0 unspecified atom stereocenters. The molecule has 0 saturated carbocycles. The molecule has 1 aromatic heterocycles. The second-order valence-corrected chi connectivity index (χ2v) is 4.88. The summed E-state index contributed by atoms with van der Waals surface area (Å²) in [5, 5.41) is 3.15. The monoisotopic (exact) mass is 264 g/mol. The van der Waals surface area contributed by atoms with E-state index >= 15 is 0 Å². The lowest BCUT2D eigenvalue weighted by atomic mass is 10.1. The molecule has 0 aliphatic heterocycles. The summed E-state index contributed by atoms with van der Waals surface area (Å²) in [7, 11) is 0. The molecule has 0 spiro atoms. The van der Waals surface area contributed by atoms with E-state index in [1.54, 1.807) is 17.3 Å². The molecule has 1 heterocycles. The minimum absolute atomic E-state index is 0.0151. The number of carbonyl (C=O) groups is 1.